The fourth-order valence-electron chi connectivity index (χ4n) is 2.95. The average Bonchev–Trinajstić information content (AvgIpc) is 2.97. The number of rotatable bonds is 4. The number of aryl methyl sites for hydroxylation is 1. The molecule has 3 N–H and O–H groups in total. The first-order valence-corrected chi connectivity index (χ1v) is 8.25. The number of piperazine rings is 1. The Kier molecular flexibility index (Phi) is 5.12. The van der Waals surface area contributed by atoms with E-state index in [1.54, 1.807) is 4.68 Å². The van der Waals surface area contributed by atoms with Crippen LogP contribution in [0.5, 0.6) is 0 Å². The van der Waals surface area contributed by atoms with E-state index in [4.69, 9.17) is 5.73 Å². The molecule has 2 aromatic rings. The topological polar surface area (TPSA) is 79.4 Å². The molecule has 7 nitrogen and oxygen atoms in total. The molecule has 24 heavy (non-hydrogen) atoms. The van der Waals surface area contributed by atoms with Crippen molar-refractivity contribution < 1.29 is 4.79 Å². The highest BCUT2D eigenvalue weighted by Gasteiger charge is 2.21. The molecule has 2 heterocycles. The van der Waals surface area contributed by atoms with Crippen molar-refractivity contribution in [3.8, 4) is 11.3 Å². The molecule has 0 atom stereocenters. The number of amides is 2. The van der Waals surface area contributed by atoms with Crippen molar-refractivity contribution in [1.82, 2.24) is 19.6 Å². The van der Waals surface area contributed by atoms with Gasteiger partial charge >= 0.3 is 6.03 Å². The van der Waals surface area contributed by atoms with Crippen LogP contribution in [0.4, 0.5) is 10.6 Å². The van der Waals surface area contributed by atoms with Gasteiger partial charge in [0, 0.05) is 52.4 Å². The molecule has 1 aliphatic rings. The van der Waals surface area contributed by atoms with E-state index in [2.05, 4.69) is 15.3 Å². The number of urea groups is 1. The van der Waals surface area contributed by atoms with Crippen molar-refractivity contribution in [2.24, 2.45) is 12.8 Å². The Bertz CT molecular complexity index is 676. The van der Waals surface area contributed by atoms with Gasteiger partial charge < -0.3 is 10.6 Å². The van der Waals surface area contributed by atoms with Gasteiger partial charge in [0.15, 0.2) is 5.82 Å². The molecule has 3 rings (SSSR count). The summed E-state index contributed by atoms with van der Waals surface area (Å²) < 4.78 is 1.78. The SMILES string of the molecule is Cn1nc(NC(=O)N2CCN(CCN)CC2)cc1-c1ccccc1. The van der Waals surface area contributed by atoms with Gasteiger partial charge in [-0.1, -0.05) is 30.3 Å². The van der Waals surface area contributed by atoms with Crippen LogP contribution in [0.25, 0.3) is 11.3 Å². The van der Waals surface area contributed by atoms with Crippen LogP contribution in [-0.4, -0.2) is 64.9 Å². The van der Waals surface area contributed by atoms with E-state index >= 15 is 0 Å². The van der Waals surface area contributed by atoms with Crippen LogP contribution >= 0.6 is 0 Å². The molecule has 1 aromatic carbocycles. The Morgan fingerprint density at radius 2 is 1.92 bits per heavy atom. The highest BCUT2D eigenvalue weighted by molar-refractivity contribution is 5.89. The summed E-state index contributed by atoms with van der Waals surface area (Å²) in [6.45, 7) is 4.69. The van der Waals surface area contributed by atoms with E-state index in [1.807, 2.05) is 48.3 Å². The first-order valence-electron chi connectivity index (χ1n) is 8.25. The first kappa shape index (κ1) is 16.5. The Morgan fingerprint density at radius 1 is 1.21 bits per heavy atom. The zero-order valence-electron chi connectivity index (χ0n) is 14.0. The molecule has 0 radical (unpaired) electrons. The summed E-state index contributed by atoms with van der Waals surface area (Å²) in [5.41, 5.74) is 7.62. The Balaban J connectivity index is 1.62. The van der Waals surface area contributed by atoms with Crippen molar-refractivity contribution in [2.75, 3.05) is 44.6 Å². The predicted molar refractivity (Wildman–Crippen MR) is 94.7 cm³/mol. The summed E-state index contributed by atoms with van der Waals surface area (Å²) >= 11 is 0. The quantitative estimate of drug-likeness (QED) is 0.884. The van der Waals surface area contributed by atoms with Gasteiger partial charge in [-0.2, -0.15) is 5.10 Å². The summed E-state index contributed by atoms with van der Waals surface area (Å²) in [6.07, 6.45) is 0. The smallest absolute Gasteiger partial charge is 0.323 e. The van der Waals surface area contributed by atoms with Gasteiger partial charge in [0.2, 0.25) is 0 Å². The molecular weight excluding hydrogens is 304 g/mol. The van der Waals surface area contributed by atoms with Gasteiger partial charge in [-0.05, 0) is 5.56 Å². The van der Waals surface area contributed by atoms with E-state index in [-0.39, 0.29) is 6.03 Å². The monoisotopic (exact) mass is 328 g/mol. The number of anilines is 1. The van der Waals surface area contributed by atoms with Crippen LogP contribution in [0.3, 0.4) is 0 Å². The van der Waals surface area contributed by atoms with Crippen LogP contribution in [0.2, 0.25) is 0 Å². The van der Waals surface area contributed by atoms with Crippen LogP contribution in [0, 0.1) is 0 Å². The van der Waals surface area contributed by atoms with Gasteiger partial charge in [-0.25, -0.2) is 4.79 Å². The molecule has 0 aliphatic carbocycles. The molecule has 7 heteroatoms. The molecule has 2 amide bonds. The molecular formula is C17H24N6O. The molecule has 0 bridgehead atoms. The molecule has 1 aromatic heterocycles. The molecule has 1 fully saturated rings. The third-order valence-corrected chi connectivity index (χ3v) is 4.29. The van der Waals surface area contributed by atoms with E-state index in [0.29, 0.717) is 25.5 Å². The van der Waals surface area contributed by atoms with Crippen molar-refractivity contribution in [1.29, 1.82) is 0 Å². The van der Waals surface area contributed by atoms with Gasteiger partial charge in [0.05, 0.1) is 5.69 Å². The van der Waals surface area contributed by atoms with Gasteiger partial charge in [0.25, 0.3) is 0 Å². The zero-order valence-corrected chi connectivity index (χ0v) is 14.0. The number of aromatic nitrogens is 2. The highest BCUT2D eigenvalue weighted by Crippen LogP contribution is 2.21. The number of hydrogen-bond acceptors (Lipinski definition) is 4. The van der Waals surface area contributed by atoms with Crippen molar-refractivity contribution in [3.05, 3.63) is 36.4 Å². The average molecular weight is 328 g/mol. The lowest BCUT2D eigenvalue weighted by molar-refractivity contribution is 0.149. The van der Waals surface area contributed by atoms with Gasteiger partial charge in [-0.15, -0.1) is 0 Å². The Hall–Kier alpha value is -2.38. The van der Waals surface area contributed by atoms with E-state index in [9.17, 15) is 4.79 Å². The second kappa shape index (κ2) is 7.46. The summed E-state index contributed by atoms with van der Waals surface area (Å²) in [5.74, 6) is 0.575. The van der Waals surface area contributed by atoms with Crippen molar-refractivity contribution in [2.45, 2.75) is 0 Å². The maximum absolute atomic E-state index is 12.4. The van der Waals surface area contributed by atoms with Gasteiger partial charge in [-0.3, -0.25) is 14.9 Å². The standard InChI is InChI=1S/C17H24N6O/c1-21-15(14-5-3-2-4-6-14)13-16(20-21)19-17(24)23-11-9-22(8-7-18)10-12-23/h2-6,13H,7-12,18H2,1H3,(H,19,20,24). The largest absolute Gasteiger partial charge is 0.329 e. The fourth-order valence-corrected chi connectivity index (χ4v) is 2.95. The highest BCUT2D eigenvalue weighted by atomic mass is 16.2. The Labute approximate surface area is 142 Å². The summed E-state index contributed by atoms with van der Waals surface area (Å²) in [5, 5.41) is 7.30. The summed E-state index contributed by atoms with van der Waals surface area (Å²) in [6, 6.07) is 11.8. The lowest BCUT2D eigenvalue weighted by Crippen LogP contribution is -2.50. The number of carbonyl (C=O) groups excluding carboxylic acids is 1. The molecule has 0 spiro atoms. The van der Waals surface area contributed by atoms with Crippen LogP contribution < -0.4 is 11.1 Å². The number of carbonyl (C=O) groups is 1. The lowest BCUT2D eigenvalue weighted by atomic mass is 10.1. The molecule has 0 saturated carbocycles. The second-order valence-corrected chi connectivity index (χ2v) is 5.95. The number of nitrogens with two attached hydrogens (primary N) is 1. The Morgan fingerprint density at radius 3 is 2.58 bits per heavy atom. The van der Waals surface area contributed by atoms with Crippen LogP contribution in [0.15, 0.2) is 36.4 Å². The van der Waals surface area contributed by atoms with E-state index in [1.165, 1.54) is 0 Å². The molecule has 128 valence electrons. The van der Waals surface area contributed by atoms with Crippen molar-refractivity contribution in [3.63, 3.8) is 0 Å². The normalized spacial score (nSPS) is 15.5. The first-order chi connectivity index (χ1) is 11.7. The van der Waals surface area contributed by atoms with E-state index in [0.717, 1.165) is 30.9 Å². The maximum atomic E-state index is 12.4. The molecule has 1 aliphatic heterocycles. The summed E-state index contributed by atoms with van der Waals surface area (Å²) in [4.78, 5) is 16.5. The zero-order chi connectivity index (χ0) is 16.9. The maximum Gasteiger partial charge on any atom is 0.323 e. The number of hydrogen-bond donors (Lipinski definition) is 2. The van der Waals surface area contributed by atoms with Crippen LogP contribution in [0.1, 0.15) is 0 Å². The summed E-state index contributed by atoms with van der Waals surface area (Å²) in [7, 11) is 1.88. The lowest BCUT2D eigenvalue weighted by Gasteiger charge is -2.34. The predicted octanol–water partition coefficient (Wildman–Crippen LogP) is 1.20. The van der Waals surface area contributed by atoms with E-state index < -0.39 is 0 Å². The fraction of sp³-hybridized carbons (Fsp3) is 0.412. The van der Waals surface area contributed by atoms with Crippen LogP contribution in [-0.2, 0) is 7.05 Å². The number of nitrogens with zero attached hydrogens (tertiary/aromatic N) is 4. The third kappa shape index (κ3) is 3.74. The van der Waals surface area contributed by atoms with Gasteiger partial charge in [0.1, 0.15) is 0 Å². The third-order valence-electron chi connectivity index (χ3n) is 4.29. The number of benzene rings is 1. The molecule has 0 unspecified atom stereocenters. The second-order valence-electron chi connectivity index (χ2n) is 5.95. The minimum Gasteiger partial charge on any atom is -0.329 e. The van der Waals surface area contributed by atoms with Crippen molar-refractivity contribution >= 4 is 11.8 Å². The minimum atomic E-state index is -0.0971. The minimum absolute atomic E-state index is 0.0971. The molecule has 1 saturated heterocycles. The number of nitrogens with one attached hydrogen (secondary N) is 1.